The Hall–Kier alpha value is -1.96. The summed E-state index contributed by atoms with van der Waals surface area (Å²) in [6, 6.07) is 11.9. The smallest absolute Gasteiger partial charge is 0.214 e. The number of sulfonamides is 1. The average molecular weight is 393 g/mol. The van der Waals surface area contributed by atoms with E-state index in [1.807, 2.05) is 25.1 Å². The van der Waals surface area contributed by atoms with Gasteiger partial charge in [0.25, 0.3) is 0 Å². The summed E-state index contributed by atoms with van der Waals surface area (Å²) >= 11 is 0. The van der Waals surface area contributed by atoms with Crippen LogP contribution in [0.5, 0.6) is 5.75 Å². The largest absolute Gasteiger partial charge is 0.492 e. The van der Waals surface area contributed by atoms with E-state index < -0.39 is 10.0 Å². The minimum Gasteiger partial charge on any atom is -0.492 e. The highest BCUT2D eigenvalue weighted by Crippen LogP contribution is 2.26. The van der Waals surface area contributed by atoms with Gasteiger partial charge in [0.2, 0.25) is 10.0 Å². The summed E-state index contributed by atoms with van der Waals surface area (Å²) in [5.41, 5.74) is 2.68. The second kappa shape index (κ2) is 8.82. The van der Waals surface area contributed by atoms with Crippen molar-refractivity contribution in [1.29, 1.82) is 0 Å². The van der Waals surface area contributed by atoms with E-state index in [0.717, 1.165) is 16.7 Å². The topological polar surface area (TPSA) is 55.8 Å². The van der Waals surface area contributed by atoms with E-state index in [2.05, 4.69) is 0 Å². The van der Waals surface area contributed by atoms with Gasteiger partial charge in [-0.3, -0.25) is 0 Å². The molecule has 0 unspecified atom stereocenters. The molecule has 0 amide bonds. The highest BCUT2D eigenvalue weighted by molar-refractivity contribution is 7.89. The van der Waals surface area contributed by atoms with Gasteiger partial charge in [0.05, 0.1) is 19.0 Å². The SMILES string of the molecule is CCCS(=O)(=O)N1CCOc2ccc(COCc3ccc(F)cc3)cc2C1. The minimum absolute atomic E-state index is 0.142. The van der Waals surface area contributed by atoms with Crippen molar-refractivity contribution in [2.45, 2.75) is 33.1 Å². The lowest BCUT2D eigenvalue weighted by Gasteiger charge is -2.19. The first-order valence-electron chi connectivity index (χ1n) is 9.02. The van der Waals surface area contributed by atoms with Crippen LogP contribution in [0.4, 0.5) is 4.39 Å². The van der Waals surface area contributed by atoms with Gasteiger partial charge in [-0.05, 0) is 41.8 Å². The Morgan fingerprint density at radius 3 is 2.56 bits per heavy atom. The van der Waals surface area contributed by atoms with Crippen molar-refractivity contribution in [3.63, 3.8) is 0 Å². The van der Waals surface area contributed by atoms with Crippen molar-refractivity contribution >= 4 is 10.0 Å². The third-order valence-corrected chi connectivity index (χ3v) is 6.40. The van der Waals surface area contributed by atoms with Gasteiger partial charge in [-0.25, -0.2) is 12.8 Å². The lowest BCUT2D eigenvalue weighted by Crippen LogP contribution is -2.34. The van der Waals surface area contributed by atoms with E-state index in [0.29, 0.717) is 45.1 Å². The van der Waals surface area contributed by atoms with Gasteiger partial charge in [0.15, 0.2) is 0 Å². The summed E-state index contributed by atoms with van der Waals surface area (Å²) in [5.74, 6) is 0.585. The number of hydrogen-bond donors (Lipinski definition) is 0. The maximum atomic E-state index is 12.9. The molecule has 0 aliphatic carbocycles. The van der Waals surface area contributed by atoms with Crippen LogP contribution in [0, 0.1) is 5.82 Å². The fourth-order valence-electron chi connectivity index (χ4n) is 3.01. The molecule has 5 nitrogen and oxygen atoms in total. The first kappa shape index (κ1) is 19.8. The summed E-state index contributed by atoms with van der Waals surface area (Å²) in [6.45, 7) is 3.63. The molecule has 1 aliphatic heterocycles. The maximum absolute atomic E-state index is 12.9. The highest BCUT2D eigenvalue weighted by atomic mass is 32.2. The van der Waals surface area contributed by atoms with Crippen molar-refractivity contribution < 1.29 is 22.3 Å². The first-order chi connectivity index (χ1) is 13.0. The van der Waals surface area contributed by atoms with E-state index >= 15 is 0 Å². The number of benzene rings is 2. The molecule has 1 aliphatic rings. The van der Waals surface area contributed by atoms with Crippen molar-refractivity contribution in [2.75, 3.05) is 18.9 Å². The summed E-state index contributed by atoms with van der Waals surface area (Å²) in [7, 11) is -3.28. The molecule has 0 saturated heterocycles. The fourth-order valence-corrected chi connectivity index (χ4v) is 4.47. The van der Waals surface area contributed by atoms with E-state index in [1.54, 1.807) is 12.1 Å². The molecule has 0 fully saturated rings. The highest BCUT2D eigenvalue weighted by Gasteiger charge is 2.25. The Kier molecular flexibility index (Phi) is 6.46. The molecular formula is C20H24FNO4S. The lowest BCUT2D eigenvalue weighted by atomic mass is 10.1. The van der Waals surface area contributed by atoms with E-state index in [9.17, 15) is 12.8 Å². The number of fused-ring (bicyclic) bond motifs is 1. The summed E-state index contributed by atoms with van der Waals surface area (Å²) in [6.07, 6.45) is 0.587. The van der Waals surface area contributed by atoms with Gasteiger partial charge in [-0.15, -0.1) is 0 Å². The fraction of sp³-hybridized carbons (Fsp3) is 0.400. The van der Waals surface area contributed by atoms with Gasteiger partial charge in [0, 0.05) is 18.7 Å². The Bertz CT molecular complexity index is 868. The molecule has 0 saturated carbocycles. The molecule has 0 N–H and O–H groups in total. The second-order valence-corrected chi connectivity index (χ2v) is 8.65. The van der Waals surface area contributed by atoms with E-state index in [4.69, 9.17) is 9.47 Å². The zero-order chi connectivity index (χ0) is 19.3. The van der Waals surface area contributed by atoms with Gasteiger partial charge in [-0.1, -0.05) is 25.1 Å². The van der Waals surface area contributed by atoms with Crippen molar-refractivity contribution in [1.82, 2.24) is 4.31 Å². The molecule has 0 atom stereocenters. The van der Waals surface area contributed by atoms with Crippen LogP contribution >= 0.6 is 0 Å². The number of rotatable bonds is 7. The second-order valence-electron chi connectivity index (χ2n) is 6.56. The molecule has 0 bridgehead atoms. The van der Waals surface area contributed by atoms with Crippen LogP contribution in [0.3, 0.4) is 0 Å². The Balaban J connectivity index is 1.66. The lowest BCUT2D eigenvalue weighted by molar-refractivity contribution is 0.107. The third-order valence-electron chi connectivity index (χ3n) is 4.38. The van der Waals surface area contributed by atoms with E-state index in [-0.39, 0.29) is 11.6 Å². The van der Waals surface area contributed by atoms with E-state index in [1.165, 1.54) is 16.4 Å². The molecule has 1 heterocycles. The molecule has 0 aromatic heterocycles. The molecule has 7 heteroatoms. The number of hydrogen-bond acceptors (Lipinski definition) is 4. The predicted molar refractivity (Wildman–Crippen MR) is 101 cm³/mol. The van der Waals surface area contributed by atoms with Crippen LogP contribution in [0.1, 0.15) is 30.0 Å². The van der Waals surface area contributed by atoms with Gasteiger partial charge in [0.1, 0.15) is 18.2 Å². The predicted octanol–water partition coefficient (Wildman–Crippen LogP) is 3.48. The number of halogens is 1. The van der Waals surface area contributed by atoms with Crippen LogP contribution < -0.4 is 4.74 Å². The Morgan fingerprint density at radius 1 is 1.11 bits per heavy atom. The monoisotopic (exact) mass is 393 g/mol. The van der Waals surface area contributed by atoms with Crippen LogP contribution in [0.15, 0.2) is 42.5 Å². The molecule has 0 spiro atoms. The Labute approximate surface area is 159 Å². The molecule has 2 aromatic carbocycles. The van der Waals surface area contributed by atoms with Crippen molar-refractivity contribution in [2.24, 2.45) is 0 Å². The van der Waals surface area contributed by atoms with Crippen molar-refractivity contribution in [3.05, 3.63) is 65.0 Å². The van der Waals surface area contributed by atoms with Gasteiger partial charge >= 0.3 is 0 Å². The first-order valence-corrected chi connectivity index (χ1v) is 10.6. The molecule has 2 aromatic rings. The summed E-state index contributed by atoms with van der Waals surface area (Å²) in [5, 5.41) is 0. The molecule has 146 valence electrons. The van der Waals surface area contributed by atoms with Crippen LogP contribution in [-0.4, -0.2) is 31.6 Å². The summed E-state index contributed by atoms with van der Waals surface area (Å²) < 4.78 is 50.6. The third kappa shape index (κ3) is 5.28. The zero-order valence-corrected chi connectivity index (χ0v) is 16.2. The molecule has 3 rings (SSSR count). The van der Waals surface area contributed by atoms with Crippen LogP contribution in [-0.2, 0) is 34.5 Å². The molecular weight excluding hydrogens is 369 g/mol. The van der Waals surface area contributed by atoms with Gasteiger partial charge in [-0.2, -0.15) is 4.31 Å². The van der Waals surface area contributed by atoms with Crippen molar-refractivity contribution in [3.8, 4) is 5.75 Å². The molecule has 27 heavy (non-hydrogen) atoms. The summed E-state index contributed by atoms with van der Waals surface area (Å²) in [4.78, 5) is 0. The standard InChI is InChI=1S/C20H24FNO4S/c1-2-11-27(23,24)22-9-10-26-20-8-5-17(12-18(20)13-22)15-25-14-16-3-6-19(21)7-4-16/h3-8,12H,2,9-11,13-15H2,1H3. The number of nitrogens with zero attached hydrogens (tertiary/aromatic N) is 1. The van der Waals surface area contributed by atoms with Crippen LogP contribution in [0.2, 0.25) is 0 Å². The Morgan fingerprint density at radius 2 is 1.81 bits per heavy atom. The maximum Gasteiger partial charge on any atom is 0.214 e. The zero-order valence-electron chi connectivity index (χ0n) is 15.4. The minimum atomic E-state index is -3.28. The number of ether oxygens (including phenoxy) is 2. The molecule has 0 radical (unpaired) electrons. The average Bonchev–Trinajstić information content (AvgIpc) is 2.86. The van der Waals surface area contributed by atoms with Crippen LogP contribution in [0.25, 0.3) is 0 Å². The normalized spacial score (nSPS) is 15.0. The quantitative estimate of drug-likeness (QED) is 0.723. The van der Waals surface area contributed by atoms with Gasteiger partial charge < -0.3 is 9.47 Å².